The molecule has 0 aliphatic carbocycles. The maximum atomic E-state index is 13.7. The number of aromatic amines is 1. The van der Waals surface area contributed by atoms with Gasteiger partial charge in [-0.15, -0.1) is 0 Å². The van der Waals surface area contributed by atoms with E-state index in [0.29, 0.717) is 5.56 Å². The molecule has 1 aliphatic rings. The molecule has 0 spiro atoms. The second-order valence-electron chi connectivity index (χ2n) is 7.42. The Balaban J connectivity index is 2.34. The van der Waals surface area contributed by atoms with Crippen molar-refractivity contribution in [3.05, 3.63) is 38.6 Å². The Morgan fingerprint density at radius 2 is 1.65 bits per heavy atom. The quantitative estimate of drug-likeness (QED) is 0.757. The van der Waals surface area contributed by atoms with Gasteiger partial charge in [-0.05, 0) is 52.3 Å². The van der Waals surface area contributed by atoms with Crippen molar-refractivity contribution in [2.75, 3.05) is 0 Å². The lowest BCUT2D eigenvalue weighted by Gasteiger charge is -2.32. The summed E-state index contributed by atoms with van der Waals surface area (Å²) in [6.45, 7) is 8.38. The van der Waals surface area contributed by atoms with Crippen molar-refractivity contribution in [3.63, 3.8) is 0 Å². The highest BCUT2D eigenvalue weighted by molar-refractivity contribution is 6.62. The van der Waals surface area contributed by atoms with Gasteiger partial charge in [0.2, 0.25) is 0 Å². The zero-order chi connectivity index (χ0) is 19.7. The van der Waals surface area contributed by atoms with Gasteiger partial charge in [-0.1, -0.05) is 11.6 Å². The lowest BCUT2D eigenvalue weighted by Crippen LogP contribution is -2.48. The van der Waals surface area contributed by atoms with Crippen LogP contribution in [0.25, 0.3) is 10.9 Å². The highest BCUT2D eigenvalue weighted by Gasteiger charge is 2.55. The number of hydrogen-bond donors (Lipinski definition) is 1. The molecule has 0 amide bonds. The van der Waals surface area contributed by atoms with E-state index in [1.165, 1.54) is 12.1 Å². The molecule has 2 aromatic rings. The summed E-state index contributed by atoms with van der Waals surface area (Å²) in [7, 11) is -1.43. The van der Waals surface area contributed by atoms with Crippen LogP contribution in [0, 0.1) is 6.92 Å². The highest BCUT2D eigenvalue weighted by Crippen LogP contribution is 2.38. The van der Waals surface area contributed by atoms with E-state index in [1.54, 1.807) is 34.6 Å². The first-order chi connectivity index (χ1) is 11.8. The monoisotopic (exact) mass is 387 g/mol. The molecule has 26 heavy (non-hydrogen) atoms. The number of hydrogen-bond acceptors (Lipinski definition) is 3. The van der Waals surface area contributed by atoms with Crippen LogP contribution in [0.5, 0.6) is 0 Å². The van der Waals surface area contributed by atoms with Gasteiger partial charge in [0.05, 0.1) is 22.2 Å². The smallest absolute Gasteiger partial charge is 0.399 e. The van der Waals surface area contributed by atoms with Gasteiger partial charge in [-0.25, -0.2) is 0 Å². The van der Waals surface area contributed by atoms with Crippen LogP contribution in [0.2, 0.25) is 5.02 Å². The Morgan fingerprint density at radius 3 is 2.15 bits per heavy atom. The van der Waals surface area contributed by atoms with Gasteiger partial charge in [0.25, 0.3) is 0 Å². The molecular formula is C17H18BClF3NO3. The van der Waals surface area contributed by atoms with Crippen LogP contribution in [0.4, 0.5) is 13.2 Å². The van der Waals surface area contributed by atoms with E-state index < -0.39 is 41.1 Å². The standard InChI is InChI=1S/C17H18BClF3NO3/c1-8-10(19)7-6-9-12(8)23-14(17(20,21)22)11(13(9)24)18-25-15(2,3)16(4,5)26-18/h6-7H,1-5H3,(H,23,24). The van der Waals surface area contributed by atoms with E-state index in [1.807, 2.05) is 0 Å². The molecule has 2 heterocycles. The summed E-state index contributed by atoms with van der Waals surface area (Å²) in [4.78, 5) is 15.3. The van der Waals surface area contributed by atoms with Crippen molar-refractivity contribution in [2.45, 2.75) is 52.0 Å². The molecule has 0 unspecified atom stereocenters. The van der Waals surface area contributed by atoms with Gasteiger partial charge in [-0.3, -0.25) is 4.79 Å². The zero-order valence-electron chi connectivity index (χ0n) is 15.0. The van der Waals surface area contributed by atoms with E-state index in [9.17, 15) is 18.0 Å². The van der Waals surface area contributed by atoms with Crippen molar-refractivity contribution in [2.24, 2.45) is 0 Å². The van der Waals surface area contributed by atoms with Gasteiger partial charge in [0.15, 0.2) is 5.43 Å². The zero-order valence-corrected chi connectivity index (χ0v) is 15.7. The number of benzene rings is 1. The number of H-pyrrole nitrogens is 1. The fourth-order valence-corrected chi connectivity index (χ4v) is 3.05. The average Bonchev–Trinajstić information content (AvgIpc) is 2.70. The predicted octanol–water partition coefficient (Wildman–Crippen LogP) is 3.81. The van der Waals surface area contributed by atoms with E-state index in [4.69, 9.17) is 20.9 Å². The largest absolute Gasteiger partial charge is 0.501 e. The summed E-state index contributed by atoms with van der Waals surface area (Å²) < 4.78 is 52.5. The molecule has 1 aromatic carbocycles. The Labute approximate surface area is 153 Å². The minimum Gasteiger partial charge on any atom is -0.399 e. The van der Waals surface area contributed by atoms with Gasteiger partial charge >= 0.3 is 13.3 Å². The molecule has 0 bridgehead atoms. The number of alkyl halides is 3. The van der Waals surface area contributed by atoms with E-state index in [0.717, 1.165) is 0 Å². The maximum Gasteiger partial charge on any atom is 0.501 e. The summed E-state index contributed by atoms with van der Waals surface area (Å²) in [6, 6.07) is 2.88. The molecule has 3 rings (SSSR count). The number of rotatable bonds is 1. The summed E-state index contributed by atoms with van der Waals surface area (Å²) in [5.74, 6) is 0. The first-order valence-corrected chi connectivity index (χ1v) is 8.42. The molecule has 0 atom stereocenters. The van der Waals surface area contributed by atoms with Crippen LogP contribution in [-0.4, -0.2) is 23.3 Å². The fraction of sp³-hybridized carbons (Fsp3) is 0.471. The Kier molecular flexibility index (Phi) is 4.26. The van der Waals surface area contributed by atoms with Crippen LogP contribution in [0.1, 0.15) is 39.0 Å². The Morgan fingerprint density at radius 1 is 1.12 bits per heavy atom. The van der Waals surface area contributed by atoms with E-state index in [2.05, 4.69) is 4.98 Å². The first-order valence-electron chi connectivity index (χ1n) is 8.04. The summed E-state index contributed by atoms with van der Waals surface area (Å²) in [5, 5.41) is 0.370. The molecule has 1 saturated heterocycles. The topological polar surface area (TPSA) is 51.3 Å². The molecule has 9 heteroatoms. The van der Waals surface area contributed by atoms with Gasteiger partial charge in [0, 0.05) is 10.4 Å². The van der Waals surface area contributed by atoms with Gasteiger partial charge in [-0.2, -0.15) is 13.2 Å². The SMILES string of the molecule is Cc1c(Cl)ccc2c(=O)c(B3OC(C)(C)C(C)(C)O3)c(C(F)(F)F)[nH]c12. The van der Waals surface area contributed by atoms with E-state index >= 15 is 0 Å². The molecule has 140 valence electrons. The molecule has 1 N–H and O–H groups in total. The van der Waals surface area contributed by atoms with Crippen LogP contribution >= 0.6 is 11.6 Å². The summed E-state index contributed by atoms with van der Waals surface area (Å²) in [5.41, 5.74) is -3.88. The van der Waals surface area contributed by atoms with Crippen LogP contribution in [-0.2, 0) is 15.5 Å². The van der Waals surface area contributed by atoms with Crippen LogP contribution in [0.3, 0.4) is 0 Å². The molecule has 4 nitrogen and oxygen atoms in total. The number of aryl methyl sites for hydroxylation is 1. The minimum absolute atomic E-state index is 0.0510. The number of nitrogens with one attached hydrogen (secondary N) is 1. The lowest BCUT2D eigenvalue weighted by molar-refractivity contribution is -0.140. The maximum absolute atomic E-state index is 13.7. The molecule has 0 radical (unpaired) electrons. The molecule has 1 fully saturated rings. The van der Waals surface area contributed by atoms with E-state index in [-0.39, 0.29) is 15.9 Å². The number of halogens is 4. The van der Waals surface area contributed by atoms with Crippen LogP contribution in [0.15, 0.2) is 16.9 Å². The summed E-state index contributed by atoms with van der Waals surface area (Å²) >= 11 is 6.00. The second kappa shape index (κ2) is 5.74. The highest BCUT2D eigenvalue weighted by atomic mass is 35.5. The van der Waals surface area contributed by atoms with Crippen molar-refractivity contribution in [1.29, 1.82) is 0 Å². The number of fused-ring (bicyclic) bond motifs is 1. The molecule has 0 saturated carbocycles. The Hall–Kier alpha value is -1.51. The average molecular weight is 388 g/mol. The molecule has 1 aromatic heterocycles. The van der Waals surface area contributed by atoms with Crippen molar-refractivity contribution >= 4 is 35.1 Å². The van der Waals surface area contributed by atoms with Gasteiger partial charge in [0.1, 0.15) is 5.69 Å². The third-order valence-corrected chi connectivity index (χ3v) is 5.59. The van der Waals surface area contributed by atoms with Crippen molar-refractivity contribution in [3.8, 4) is 0 Å². The number of aromatic nitrogens is 1. The minimum atomic E-state index is -4.79. The second-order valence-corrected chi connectivity index (χ2v) is 7.83. The van der Waals surface area contributed by atoms with Crippen LogP contribution < -0.4 is 10.9 Å². The summed E-state index contributed by atoms with van der Waals surface area (Å²) in [6.07, 6.45) is -4.79. The fourth-order valence-electron chi connectivity index (χ4n) is 2.90. The molecule has 1 aliphatic heterocycles. The lowest BCUT2D eigenvalue weighted by atomic mass is 9.76. The predicted molar refractivity (Wildman–Crippen MR) is 95.0 cm³/mol. The number of pyridine rings is 1. The van der Waals surface area contributed by atoms with Crippen molar-refractivity contribution < 1.29 is 22.5 Å². The third kappa shape index (κ3) is 2.84. The normalized spacial score (nSPS) is 19.3. The third-order valence-electron chi connectivity index (χ3n) is 5.18. The van der Waals surface area contributed by atoms with Crippen molar-refractivity contribution in [1.82, 2.24) is 4.98 Å². The Bertz CT molecular complexity index is 937. The molecular weight excluding hydrogens is 369 g/mol. The first kappa shape index (κ1) is 19.3. The van der Waals surface area contributed by atoms with Gasteiger partial charge < -0.3 is 14.3 Å².